The summed E-state index contributed by atoms with van der Waals surface area (Å²) in [7, 11) is -3.19. The number of benzene rings is 2. The molecule has 1 saturated heterocycles. The van der Waals surface area contributed by atoms with Crippen LogP contribution in [-0.2, 0) is 10.0 Å². The first kappa shape index (κ1) is 19.6. The summed E-state index contributed by atoms with van der Waals surface area (Å²) in [5.74, 6) is -3.22. The van der Waals surface area contributed by atoms with E-state index in [1.54, 1.807) is 0 Å². The summed E-state index contributed by atoms with van der Waals surface area (Å²) in [4.78, 5) is 2.10. The van der Waals surface area contributed by atoms with Gasteiger partial charge in [0.2, 0.25) is 10.0 Å². The lowest BCUT2D eigenvalue weighted by Gasteiger charge is -2.34. The number of phenols is 1. The van der Waals surface area contributed by atoms with Crippen LogP contribution in [0.3, 0.4) is 0 Å². The van der Waals surface area contributed by atoms with Gasteiger partial charge in [-0.1, -0.05) is 0 Å². The van der Waals surface area contributed by atoms with Gasteiger partial charge < -0.3 is 10.0 Å². The van der Waals surface area contributed by atoms with E-state index in [4.69, 9.17) is 0 Å². The molecule has 1 N–H and O–H groups in total. The number of phenolic OH excluding ortho intramolecular Hbond substituents is 1. The number of halogens is 2. The van der Waals surface area contributed by atoms with Crippen LogP contribution in [0, 0.1) is 18.6 Å². The second-order valence-corrected chi connectivity index (χ2v) is 9.09. The van der Waals surface area contributed by atoms with E-state index in [2.05, 4.69) is 10.00 Å². The van der Waals surface area contributed by atoms with Crippen LogP contribution in [0.15, 0.2) is 30.3 Å². The Morgan fingerprint density at radius 2 is 1.72 bits per heavy atom. The van der Waals surface area contributed by atoms with E-state index in [0.29, 0.717) is 37.4 Å². The minimum atomic E-state index is -3.19. The number of rotatable bonds is 3. The number of piperazine rings is 1. The highest BCUT2D eigenvalue weighted by atomic mass is 32.2. The Balaban J connectivity index is 1.68. The third-order valence-corrected chi connectivity index (χ3v) is 6.46. The summed E-state index contributed by atoms with van der Waals surface area (Å²) < 4.78 is 53.4. The van der Waals surface area contributed by atoms with E-state index in [1.165, 1.54) is 15.2 Å². The van der Waals surface area contributed by atoms with Crippen molar-refractivity contribution >= 4 is 26.6 Å². The standard InChI is InChI=1S/C19H20F2N4O3S/c1-12-15-9-13(23-5-7-24(8-6-23)29(2,27)28)3-4-17(15)25(22-12)14-10-16(20)19(21)18(26)11-14/h3-4,9-11,26H,5-8H2,1-2H3. The molecule has 1 aliphatic heterocycles. The van der Waals surface area contributed by atoms with Crippen molar-refractivity contribution in [3.05, 3.63) is 47.7 Å². The zero-order valence-corrected chi connectivity index (χ0v) is 16.7. The van der Waals surface area contributed by atoms with E-state index < -0.39 is 27.4 Å². The van der Waals surface area contributed by atoms with Crippen LogP contribution in [-0.4, -0.2) is 60.0 Å². The van der Waals surface area contributed by atoms with Gasteiger partial charge in [-0.05, 0) is 25.1 Å². The number of aromatic hydroxyl groups is 1. The average Bonchev–Trinajstić information content (AvgIpc) is 3.01. The van der Waals surface area contributed by atoms with Crippen LogP contribution >= 0.6 is 0 Å². The molecule has 4 rings (SSSR count). The summed E-state index contributed by atoms with van der Waals surface area (Å²) in [5.41, 5.74) is 2.53. The molecule has 3 aromatic rings. The fraction of sp³-hybridized carbons (Fsp3) is 0.316. The van der Waals surface area contributed by atoms with Crippen LogP contribution in [0.4, 0.5) is 14.5 Å². The second kappa shape index (κ2) is 6.96. The molecule has 0 aliphatic carbocycles. The molecule has 1 aliphatic rings. The smallest absolute Gasteiger partial charge is 0.211 e. The molecule has 1 fully saturated rings. The minimum Gasteiger partial charge on any atom is -0.505 e. The largest absolute Gasteiger partial charge is 0.505 e. The molecule has 0 spiro atoms. The number of hydrogen-bond donors (Lipinski definition) is 1. The fourth-order valence-electron chi connectivity index (χ4n) is 3.61. The highest BCUT2D eigenvalue weighted by Crippen LogP contribution is 2.30. The Kier molecular flexibility index (Phi) is 4.70. The van der Waals surface area contributed by atoms with E-state index in [1.807, 2.05) is 25.1 Å². The molecule has 7 nitrogen and oxygen atoms in total. The second-order valence-electron chi connectivity index (χ2n) is 7.11. The Morgan fingerprint density at radius 3 is 2.34 bits per heavy atom. The van der Waals surface area contributed by atoms with Crippen LogP contribution in [0.25, 0.3) is 16.6 Å². The van der Waals surface area contributed by atoms with Crippen molar-refractivity contribution in [3.8, 4) is 11.4 Å². The first-order chi connectivity index (χ1) is 13.6. The van der Waals surface area contributed by atoms with E-state index >= 15 is 0 Å². The SMILES string of the molecule is Cc1nn(-c2cc(O)c(F)c(F)c2)c2ccc(N3CCN(S(C)(=O)=O)CC3)cc12. The van der Waals surface area contributed by atoms with Crippen molar-refractivity contribution in [3.63, 3.8) is 0 Å². The van der Waals surface area contributed by atoms with Crippen molar-refractivity contribution < 1.29 is 22.3 Å². The van der Waals surface area contributed by atoms with Crippen molar-refractivity contribution in [1.82, 2.24) is 14.1 Å². The Hall–Kier alpha value is -2.72. The molecule has 0 atom stereocenters. The maximum Gasteiger partial charge on any atom is 0.211 e. The summed E-state index contributed by atoms with van der Waals surface area (Å²) in [6, 6.07) is 7.77. The van der Waals surface area contributed by atoms with Gasteiger partial charge in [0, 0.05) is 49.4 Å². The zero-order chi connectivity index (χ0) is 20.9. The van der Waals surface area contributed by atoms with Crippen LogP contribution < -0.4 is 4.90 Å². The van der Waals surface area contributed by atoms with Gasteiger partial charge in [-0.15, -0.1) is 0 Å². The molecule has 0 saturated carbocycles. The first-order valence-corrected chi connectivity index (χ1v) is 10.9. The average molecular weight is 422 g/mol. The van der Waals surface area contributed by atoms with Crippen LogP contribution in [0.2, 0.25) is 0 Å². The quantitative estimate of drug-likeness (QED) is 0.701. The van der Waals surface area contributed by atoms with Gasteiger partial charge in [0.25, 0.3) is 0 Å². The van der Waals surface area contributed by atoms with E-state index in [0.717, 1.165) is 23.2 Å². The zero-order valence-electron chi connectivity index (χ0n) is 15.9. The molecule has 2 aromatic carbocycles. The Labute approximate surface area is 166 Å². The summed E-state index contributed by atoms with van der Waals surface area (Å²) in [5, 5.41) is 14.8. The number of anilines is 1. The molecule has 0 radical (unpaired) electrons. The number of aryl methyl sites for hydroxylation is 1. The van der Waals surface area contributed by atoms with Crippen molar-refractivity contribution in [2.24, 2.45) is 0 Å². The van der Waals surface area contributed by atoms with E-state index in [9.17, 15) is 22.3 Å². The summed E-state index contributed by atoms with van der Waals surface area (Å²) >= 11 is 0. The molecular weight excluding hydrogens is 402 g/mol. The number of aromatic nitrogens is 2. The number of hydrogen-bond acceptors (Lipinski definition) is 5. The molecule has 0 unspecified atom stereocenters. The predicted octanol–water partition coefficient (Wildman–Crippen LogP) is 2.40. The minimum absolute atomic E-state index is 0.217. The maximum atomic E-state index is 13.7. The van der Waals surface area contributed by atoms with E-state index in [-0.39, 0.29) is 5.69 Å². The van der Waals surface area contributed by atoms with Gasteiger partial charge in [-0.25, -0.2) is 17.5 Å². The van der Waals surface area contributed by atoms with Crippen molar-refractivity contribution in [2.45, 2.75) is 6.92 Å². The fourth-order valence-corrected chi connectivity index (χ4v) is 4.44. The van der Waals surface area contributed by atoms with Gasteiger partial charge in [0.05, 0.1) is 23.2 Å². The molecule has 154 valence electrons. The summed E-state index contributed by atoms with van der Waals surface area (Å²) in [6.07, 6.45) is 1.21. The monoisotopic (exact) mass is 422 g/mol. The van der Waals surface area contributed by atoms with Gasteiger partial charge in [0.15, 0.2) is 17.4 Å². The molecular formula is C19H20F2N4O3S. The number of nitrogens with zero attached hydrogens (tertiary/aromatic N) is 4. The lowest BCUT2D eigenvalue weighted by atomic mass is 10.1. The highest BCUT2D eigenvalue weighted by Gasteiger charge is 2.24. The molecule has 10 heteroatoms. The third-order valence-electron chi connectivity index (χ3n) is 5.16. The predicted molar refractivity (Wildman–Crippen MR) is 106 cm³/mol. The van der Waals surface area contributed by atoms with Crippen LogP contribution in [0.1, 0.15) is 5.69 Å². The molecule has 1 aromatic heterocycles. The highest BCUT2D eigenvalue weighted by molar-refractivity contribution is 7.88. The molecule has 0 bridgehead atoms. The maximum absolute atomic E-state index is 13.7. The number of sulfonamides is 1. The molecule has 29 heavy (non-hydrogen) atoms. The molecule has 0 amide bonds. The van der Waals surface area contributed by atoms with Crippen LogP contribution in [0.5, 0.6) is 5.75 Å². The number of fused-ring (bicyclic) bond motifs is 1. The van der Waals surface area contributed by atoms with Gasteiger partial charge in [-0.3, -0.25) is 0 Å². The summed E-state index contributed by atoms with van der Waals surface area (Å²) in [6.45, 7) is 3.79. The normalized spacial score (nSPS) is 15.9. The van der Waals surface area contributed by atoms with Crippen molar-refractivity contribution in [1.29, 1.82) is 0 Å². The van der Waals surface area contributed by atoms with Gasteiger partial charge in [0.1, 0.15) is 0 Å². The topological polar surface area (TPSA) is 78.7 Å². The van der Waals surface area contributed by atoms with Gasteiger partial charge >= 0.3 is 0 Å². The first-order valence-electron chi connectivity index (χ1n) is 9.03. The Bertz CT molecular complexity index is 1180. The lowest BCUT2D eigenvalue weighted by molar-refractivity contribution is 0.388. The van der Waals surface area contributed by atoms with Crippen molar-refractivity contribution in [2.75, 3.05) is 37.3 Å². The Morgan fingerprint density at radius 1 is 1.03 bits per heavy atom. The lowest BCUT2D eigenvalue weighted by Crippen LogP contribution is -2.48. The molecule has 2 heterocycles. The third kappa shape index (κ3) is 3.53. The van der Waals surface area contributed by atoms with Gasteiger partial charge in [-0.2, -0.15) is 13.8 Å².